The van der Waals surface area contributed by atoms with Crippen molar-refractivity contribution in [1.82, 2.24) is 15.6 Å². The Morgan fingerprint density at radius 2 is 1.64 bits per heavy atom. The number of aromatic nitrogens is 1. The van der Waals surface area contributed by atoms with Crippen LogP contribution in [0.4, 0.5) is 0 Å². The summed E-state index contributed by atoms with van der Waals surface area (Å²) in [5.41, 5.74) is 1.96. The Kier molecular flexibility index (Phi) is 6.75. The number of hydrogen-bond donors (Lipinski definition) is 2. The van der Waals surface area contributed by atoms with Crippen LogP contribution in [-0.4, -0.2) is 29.9 Å². The lowest BCUT2D eigenvalue weighted by atomic mass is 10.2. The summed E-state index contributed by atoms with van der Waals surface area (Å²) in [5, 5.41) is 8.51. The van der Waals surface area contributed by atoms with Gasteiger partial charge >= 0.3 is 0 Å². The smallest absolute Gasteiger partial charge is 0.251 e. The van der Waals surface area contributed by atoms with Crippen LogP contribution in [0.25, 0.3) is 0 Å². The van der Waals surface area contributed by atoms with Crippen LogP contribution in [0.1, 0.15) is 31.4 Å². The SMILES string of the molecule is Cc1nc(COc2cccc(C(=O)NCCNC(=O)c3ccccc3)c2)cs1. The molecule has 3 aromatic rings. The number of nitrogens with one attached hydrogen (secondary N) is 2. The van der Waals surface area contributed by atoms with Gasteiger partial charge in [0.1, 0.15) is 12.4 Å². The number of benzene rings is 2. The van der Waals surface area contributed by atoms with Gasteiger partial charge in [0, 0.05) is 29.6 Å². The Labute approximate surface area is 167 Å². The molecule has 28 heavy (non-hydrogen) atoms. The van der Waals surface area contributed by atoms with Gasteiger partial charge in [0.2, 0.25) is 0 Å². The van der Waals surface area contributed by atoms with Crippen LogP contribution < -0.4 is 15.4 Å². The summed E-state index contributed by atoms with van der Waals surface area (Å²) in [7, 11) is 0. The maximum atomic E-state index is 12.3. The zero-order chi connectivity index (χ0) is 19.8. The monoisotopic (exact) mass is 395 g/mol. The third-order valence-electron chi connectivity index (χ3n) is 3.88. The normalized spacial score (nSPS) is 10.3. The second kappa shape index (κ2) is 9.66. The molecule has 0 spiro atoms. The number of nitrogens with zero attached hydrogens (tertiary/aromatic N) is 1. The number of rotatable bonds is 8. The maximum Gasteiger partial charge on any atom is 0.251 e. The predicted molar refractivity (Wildman–Crippen MR) is 109 cm³/mol. The molecule has 0 aliphatic heterocycles. The van der Waals surface area contributed by atoms with Gasteiger partial charge in [-0.2, -0.15) is 0 Å². The first-order valence-electron chi connectivity index (χ1n) is 8.87. The highest BCUT2D eigenvalue weighted by Gasteiger charge is 2.08. The van der Waals surface area contributed by atoms with Gasteiger partial charge in [0.15, 0.2) is 0 Å². The minimum atomic E-state index is -0.219. The van der Waals surface area contributed by atoms with E-state index in [0.29, 0.717) is 36.6 Å². The zero-order valence-electron chi connectivity index (χ0n) is 15.5. The van der Waals surface area contributed by atoms with Crippen molar-refractivity contribution in [2.45, 2.75) is 13.5 Å². The van der Waals surface area contributed by atoms with Crippen LogP contribution in [0.5, 0.6) is 5.75 Å². The van der Waals surface area contributed by atoms with Crippen molar-refractivity contribution in [2.75, 3.05) is 13.1 Å². The molecule has 0 aliphatic rings. The molecule has 6 nitrogen and oxygen atoms in total. The molecule has 0 saturated heterocycles. The molecule has 7 heteroatoms. The quantitative estimate of drug-likeness (QED) is 0.574. The van der Waals surface area contributed by atoms with Crippen LogP contribution >= 0.6 is 11.3 Å². The van der Waals surface area contributed by atoms with Crippen LogP contribution in [0.3, 0.4) is 0 Å². The van der Waals surface area contributed by atoms with Gasteiger partial charge in [-0.3, -0.25) is 9.59 Å². The minimum Gasteiger partial charge on any atom is -0.487 e. The van der Waals surface area contributed by atoms with E-state index in [9.17, 15) is 9.59 Å². The Hall–Kier alpha value is -3.19. The minimum absolute atomic E-state index is 0.164. The Morgan fingerprint density at radius 3 is 2.32 bits per heavy atom. The summed E-state index contributed by atoms with van der Waals surface area (Å²) < 4.78 is 5.71. The number of ether oxygens (including phenoxy) is 1. The number of carbonyl (C=O) groups excluding carboxylic acids is 2. The third-order valence-corrected chi connectivity index (χ3v) is 4.70. The summed E-state index contributed by atoms with van der Waals surface area (Å²) in [6.07, 6.45) is 0. The molecule has 0 bridgehead atoms. The predicted octanol–water partition coefficient (Wildman–Crippen LogP) is 3.19. The fraction of sp³-hybridized carbons (Fsp3) is 0.190. The first-order valence-corrected chi connectivity index (χ1v) is 9.75. The zero-order valence-corrected chi connectivity index (χ0v) is 16.3. The van der Waals surface area contributed by atoms with Crippen LogP contribution in [0.15, 0.2) is 60.0 Å². The highest BCUT2D eigenvalue weighted by Crippen LogP contribution is 2.16. The van der Waals surface area contributed by atoms with Crippen molar-refractivity contribution >= 4 is 23.2 Å². The van der Waals surface area contributed by atoms with E-state index in [1.165, 1.54) is 0 Å². The van der Waals surface area contributed by atoms with E-state index < -0.39 is 0 Å². The van der Waals surface area contributed by atoms with Crippen molar-refractivity contribution in [2.24, 2.45) is 0 Å². The molecule has 1 heterocycles. The molecule has 0 radical (unpaired) electrons. The third kappa shape index (κ3) is 5.65. The van der Waals surface area contributed by atoms with E-state index in [1.54, 1.807) is 59.9 Å². The van der Waals surface area contributed by atoms with E-state index in [2.05, 4.69) is 15.6 Å². The molecular formula is C21H21N3O3S. The molecule has 0 atom stereocenters. The molecule has 0 aliphatic carbocycles. The van der Waals surface area contributed by atoms with E-state index in [0.717, 1.165) is 10.7 Å². The van der Waals surface area contributed by atoms with Crippen molar-refractivity contribution < 1.29 is 14.3 Å². The second-order valence-corrected chi connectivity index (χ2v) is 7.11. The fourth-order valence-corrected chi connectivity index (χ4v) is 3.10. The standard InChI is InChI=1S/C21H21N3O3S/c1-15-24-18(14-28-15)13-27-19-9-5-8-17(12-19)21(26)23-11-10-22-20(25)16-6-3-2-4-7-16/h2-9,12,14H,10-11,13H2,1H3,(H,22,25)(H,23,26). The van der Waals surface area contributed by atoms with Gasteiger partial charge in [-0.25, -0.2) is 4.98 Å². The highest BCUT2D eigenvalue weighted by molar-refractivity contribution is 7.09. The molecule has 144 valence electrons. The second-order valence-electron chi connectivity index (χ2n) is 6.05. The van der Waals surface area contributed by atoms with E-state index in [1.807, 2.05) is 18.4 Å². The summed E-state index contributed by atoms with van der Waals surface area (Å²) in [5.74, 6) is 0.224. The topological polar surface area (TPSA) is 80.3 Å². The number of hydrogen-bond acceptors (Lipinski definition) is 5. The molecule has 3 rings (SSSR count). The number of amides is 2. The van der Waals surface area contributed by atoms with Crippen molar-refractivity contribution in [3.63, 3.8) is 0 Å². The molecule has 0 fully saturated rings. The molecular weight excluding hydrogens is 374 g/mol. The molecule has 2 aromatic carbocycles. The van der Waals surface area contributed by atoms with Gasteiger partial charge < -0.3 is 15.4 Å². The molecule has 0 saturated carbocycles. The average molecular weight is 395 g/mol. The summed E-state index contributed by atoms with van der Waals surface area (Å²) in [4.78, 5) is 28.6. The van der Waals surface area contributed by atoms with Crippen molar-refractivity contribution in [3.05, 3.63) is 81.8 Å². The van der Waals surface area contributed by atoms with Crippen LogP contribution in [0, 0.1) is 6.92 Å². The van der Waals surface area contributed by atoms with Crippen molar-refractivity contribution in [3.8, 4) is 5.75 Å². The fourth-order valence-electron chi connectivity index (χ4n) is 2.50. The van der Waals surface area contributed by atoms with Crippen LogP contribution in [-0.2, 0) is 6.61 Å². The Balaban J connectivity index is 1.44. The highest BCUT2D eigenvalue weighted by atomic mass is 32.1. The average Bonchev–Trinajstić information content (AvgIpc) is 3.15. The van der Waals surface area contributed by atoms with Crippen molar-refractivity contribution in [1.29, 1.82) is 0 Å². The van der Waals surface area contributed by atoms with Gasteiger partial charge in [-0.1, -0.05) is 24.3 Å². The van der Waals surface area contributed by atoms with Gasteiger partial charge in [0.05, 0.1) is 10.7 Å². The lowest BCUT2D eigenvalue weighted by molar-refractivity contribution is 0.0927. The van der Waals surface area contributed by atoms with E-state index >= 15 is 0 Å². The largest absolute Gasteiger partial charge is 0.487 e. The lowest BCUT2D eigenvalue weighted by Crippen LogP contribution is -2.34. The maximum absolute atomic E-state index is 12.3. The molecule has 2 amide bonds. The first-order chi connectivity index (χ1) is 13.6. The summed E-state index contributed by atoms with van der Waals surface area (Å²) in [6.45, 7) is 2.99. The number of carbonyl (C=O) groups is 2. The van der Waals surface area contributed by atoms with Gasteiger partial charge in [-0.15, -0.1) is 11.3 Å². The Morgan fingerprint density at radius 1 is 0.964 bits per heavy atom. The van der Waals surface area contributed by atoms with Gasteiger partial charge in [0.25, 0.3) is 11.8 Å². The van der Waals surface area contributed by atoms with Gasteiger partial charge in [-0.05, 0) is 37.3 Å². The summed E-state index contributed by atoms with van der Waals surface area (Å²) in [6, 6.07) is 15.9. The molecule has 1 aromatic heterocycles. The first kappa shape index (κ1) is 19.6. The van der Waals surface area contributed by atoms with Crippen LogP contribution in [0.2, 0.25) is 0 Å². The molecule has 0 unspecified atom stereocenters. The lowest BCUT2D eigenvalue weighted by Gasteiger charge is -2.09. The number of thiazole rings is 1. The summed E-state index contributed by atoms with van der Waals surface area (Å²) >= 11 is 1.57. The van der Waals surface area contributed by atoms with E-state index in [4.69, 9.17) is 4.74 Å². The van der Waals surface area contributed by atoms with E-state index in [-0.39, 0.29) is 11.8 Å². The number of aryl methyl sites for hydroxylation is 1. The Bertz CT molecular complexity index is 941. The molecule has 2 N–H and O–H groups in total.